The Kier molecular flexibility index (Phi) is 1.47. The van der Waals surface area contributed by atoms with Crippen LogP contribution in [-0.4, -0.2) is 21.8 Å². The van der Waals surface area contributed by atoms with Gasteiger partial charge in [-0.2, -0.15) is 0 Å². The first kappa shape index (κ1) is 7.54. The molecule has 0 spiro atoms. The summed E-state index contributed by atoms with van der Waals surface area (Å²) in [6, 6.07) is 0. The van der Waals surface area contributed by atoms with Gasteiger partial charge in [0.1, 0.15) is 0 Å². The number of aliphatic hydroxyl groups is 1. The molecule has 10 heavy (non-hydrogen) atoms. The van der Waals surface area contributed by atoms with Gasteiger partial charge in [0, 0.05) is 5.92 Å². The van der Waals surface area contributed by atoms with Crippen LogP contribution in [0.1, 0.15) is 20.3 Å². The van der Waals surface area contributed by atoms with E-state index in [1.807, 2.05) is 0 Å². The van der Waals surface area contributed by atoms with E-state index in [1.165, 1.54) is 0 Å². The molecule has 3 nitrogen and oxygen atoms in total. The standard InChI is InChI=1S/C7H12O3/c1-7(2,10)5-3-4(5)6(8)9/h4-5,10H,3H2,1-2H3,(H,8,9). The summed E-state index contributed by atoms with van der Waals surface area (Å²) in [5.41, 5.74) is -0.816. The second-order valence-corrected chi connectivity index (χ2v) is 3.44. The second-order valence-electron chi connectivity index (χ2n) is 3.44. The predicted octanol–water partition coefficient (Wildman–Crippen LogP) is 0.478. The maximum Gasteiger partial charge on any atom is 0.306 e. The zero-order valence-electron chi connectivity index (χ0n) is 6.16. The highest BCUT2D eigenvalue weighted by Gasteiger charge is 2.51. The van der Waals surface area contributed by atoms with Crippen LogP contribution in [0.2, 0.25) is 0 Å². The van der Waals surface area contributed by atoms with Crippen LogP contribution in [0.15, 0.2) is 0 Å². The minimum atomic E-state index is -0.816. The van der Waals surface area contributed by atoms with Gasteiger partial charge in [0.05, 0.1) is 11.5 Å². The van der Waals surface area contributed by atoms with Crippen LogP contribution in [0.5, 0.6) is 0 Å². The Labute approximate surface area is 59.7 Å². The maximum absolute atomic E-state index is 10.3. The average molecular weight is 144 g/mol. The van der Waals surface area contributed by atoms with Gasteiger partial charge in [0.15, 0.2) is 0 Å². The monoisotopic (exact) mass is 144 g/mol. The Hall–Kier alpha value is -0.570. The third kappa shape index (κ3) is 1.29. The zero-order valence-corrected chi connectivity index (χ0v) is 6.16. The SMILES string of the molecule is CC(C)(O)C1CC1C(=O)O. The Morgan fingerprint density at radius 2 is 2.10 bits per heavy atom. The van der Waals surface area contributed by atoms with E-state index in [2.05, 4.69) is 0 Å². The first-order valence-electron chi connectivity index (χ1n) is 3.38. The lowest BCUT2D eigenvalue weighted by Crippen LogP contribution is -2.24. The summed E-state index contributed by atoms with van der Waals surface area (Å²) in [6.07, 6.45) is 0.624. The van der Waals surface area contributed by atoms with Gasteiger partial charge in [-0.05, 0) is 20.3 Å². The molecule has 2 atom stereocenters. The molecule has 2 N–H and O–H groups in total. The molecule has 0 aliphatic heterocycles. The fourth-order valence-electron chi connectivity index (χ4n) is 1.25. The molecule has 1 rings (SSSR count). The second kappa shape index (κ2) is 1.95. The molecule has 1 aliphatic carbocycles. The molecule has 0 heterocycles. The summed E-state index contributed by atoms with van der Waals surface area (Å²) in [7, 11) is 0. The molecule has 0 aromatic heterocycles. The third-order valence-corrected chi connectivity index (χ3v) is 2.02. The molecule has 0 amide bonds. The molecule has 0 radical (unpaired) electrons. The fraction of sp³-hybridized carbons (Fsp3) is 0.857. The molecule has 0 aromatic rings. The summed E-state index contributed by atoms with van der Waals surface area (Å²) in [5.74, 6) is -1.13. The molecular weight excluding hydrogens is 132 g/mol. The largest absolute Gasteiger partial charge is 0.481 e. The zero-order chi connectivity index (χ0) is 7.94. The van der Waals surface area contributed by atoms with Crippen molar-refractivity contribution in [2.24, 2.45) is 11.8 Å². The third-order valence-electron chi connectivity index (χ3n) is 2.02. The lowest BCUT2D eigenvalue weighted by Gasteiger charge is -2.15. The van der Waals surface area contributed by atoms with Crippen LogP contribution in [0.4, 0.5) is 0 Å². The smallest absolute Gasteiger partial charge is 0.306 e. The van der Waals surface area contributed by atoms with E-state index in [1.54, 1.807) is 13.8 Å². The Balaban J connectivity index is 2.46. The van der Waals surface area contributed by atoms with Crippen LogP contribution >= 0.6 is 0 Å². The molecule has 1 saturated carbocycles. The van der Waals surface area contributed by atoms with Gasteiger partial charge in [0.2, 0.25) is 0 Å². The minimum Gasteiger partial charge on any atom is -0.481 e. The molecular formula is C7H12O3. The van der Waals surface area contributed by atoms with E-state index in [-0.39, 0.29) is 11.8 Å². The number of hydrogen-bond acceptors (Lipinski definition) is 2. The average Bonchev–Trinajstić information content (AvgIpc) is 2.35. The number of hydrogen-bond donors (Lipinski definition) is 2. The van der Waals surface area contributed by atoms with Gasteiger partial charge in [-0.15, -0.1) is 0 Å². The van der Waals surface area contributed by atoms with Crippen molar-refractivity contribution in [1.29, 1.82) is 0 Å². The highest BCUT2D eigenvalue weighted by atomic mass is 16.4. The van der Waals surface area contributed by atoms with E-state index >= 15 is 0 Å². The number of carboxylic acid groups (broad SMARTS) is 1. The molecule has 0 aromatic carbocycles. The Morgan fingerprint density at radius 3 is 2.20 bits per heavy atom. The van der Waals surface area contributed by atoms with Gasteiger partial charge in [0.25, 0.3) is 0 Å². The summed E-state index contributed by atoms with van der Waals surface area (Å²) < 4.78 is 0. The van der Waals surface area contributed by atoms with E-state index in [4.69, 9.17) is 5.11 Å². The van der Waals surface area contributed by atoms with Crippen molar-refractivity contribution in [2.45, 2.75) is 25.9 Å². The molecule has 1 aliphatic rings. The lowest BCUT2D eigenvalue weighted by molar-refractivity contribution is -0.139. The normalized spacial score (nSPS) is 31.9. The fourth-order valence-corrected chi connectivity index (χ4v) is 1.25. The number of carboxylic acids is 1. The van der Waals surface area contributed by atoms with Crippen LogP contribution in [0.25, 0.3) is 0 Å². The molecule has 1 fully saturated rings. The van der Waals surface area contributed by atoms with Crippen molar-refractivity contribution >= 4 is 5.97 Å². The van der Waals surface area contributed by atoms with Crippen molar-refractivity contribution in [3.8, 4) is 0 Å². The van der Waals surface area contributed by atoms with Crippen molar-refractivity contribution < 1.29 is 15.0 Å². The first-order chi connectivity index (χ1) is 4.43. The van der Waals surface area contributed by atoms with Crippen LogP contribution in [0.3, 0.4) is 0 Å². The van der Waals surface area contributed by atoms with Crippen molar-refractivity contribution in [3.63, 3.8) is 0 Å². The molecule has 0 saturated heterocycles. The van der Waals surface area contributed by atoms with Gasteiger partial charge >= 0.3 is 5.97 Å². The van der Waals surface area contributed by atoms with Crippen molar-refractivity contribution in [3.05, 3.63) is 0 Å². The lowest BCUT2D eigenvalue weighted by atomic mass is 10.0. The quantitative estimate of drug-likeness (QED) is 0.592. The van der Waals surface area contributed by atoms with E-state index in [0.717, 1.165) is 0 Å². The topological polar surface area (TPSA) is 57.5 Å². The Bertz CT molecular complexity index is 157. The van der Waals surface area contributed by atoms with E-state index < -0.39 is 11.6 Å². The van der Waals surface area contributed by atoms with Gasteiger partial charge in [-0.25, -0.2) is 0 Å². The summed E-state index contributed by atoms with van der Waals surface area (Å²) in [4.78, 5) is 10.3. The number of aliphatic carboxylic acids is 1. The highest BCUT2D eigenvalue weighted by Crippen LogP contribution is 2.46. The van der Waals surface area contributed by atoms with Gasteiger partial charge in [-0.3, -0.25) is 4.79 Å². The molecule has 2 unspecified atom stereocenters. The summed E-state index contributed by atoms with van der Waals surface area (Å²) in [5, 5.41) is 17.8. The van der Waals surface area contributed by atoms with Crippen molar-refractivity contribution in [2.75, 3.05) is 0 Å². The predicted molar refractivity (Wildman–Crippen MR) is 35.5 cm³/mol. The van der Waals surface area contributed by atoms with Crippen LogP contribution in [-0.2, 0) is 4.79 Å². The number of carbonyl (C=O) groups is 1. The summed E-state index contributed by atoms with van der Waals surface area (Å²) in [6.45, 7) is 3.31. The maximum atomic E-state index is 10.3. The molecule has 0 bridgehead atoms. The summed E-state index contributed by atoms with van der Waals surface area (Å²) >= 11 is 0. The van der Waals surface area contributed by atoms with Crippen LogP contribution in [0, 0.1) is 11.8 Å². The van der Waals surface area contributed by atoms with Crippen molar-refractivity contribution in [1.82, 2.24) is 0 Å². The Morgan fingerprint density at radius 1 is 1.60 bits per heavy atom. The first-order valence-corrected chi connectivity index (χ1v) is 3.38. The molecule has 3 heteroatoms. The highest BCUT2D eigenvalue weighted by molar-refractivity contribution is 5.73. The van der Waals surface area contributed by atoms with E-state index in [9.17, 15) is 9.90 Å². The minimum absolute atomic E-state index is 0.0370. The number of rotatable bonds is 2. The van der Waals surface area contributed by atoms with E-state index in [0.29, 0.717) is 6.42 Å². The van der Waals surface area contributed by atoms with Gasteiger partial charge in [-0.1, -0.05) is 0 Å². The van der Waals surface area contributed by atoms with Gasteiger partial charge < -0.3 is 10.2 Å². The molecule has 58 valence electrons. The van der Waals surface area contributed by atoms with Crippen LogP contribution < -0.4 is 0 Å².